The van der Waals surface area contributed by atoms with E-state index in [1.54, 1.807) is 6.08 Å². The highest BCUT2D eigenvalue weighted by molar-refractivity contribution is 6.00. The molecular formula is C10H15NO2. The molecule has 13 heavy (non-hydrogen) atoms. The van der Waals surface area contributed by atoms with E-state index in [0.717, 1.165) is 0 Å². The molecule has 0 bridgehead atoms. The third-order valence-electron chi connectivity index (χ3n) is 2.74. The molecular weight excluding hydrogens is 166 g/mol. The molecule has 1 aliphatic heterocycles. The van der Waals surface area contributed by atoms with Crippen LogP contribution < -0.4 is 5.32 Å². The number of nitrogens with one attached hydrogen (secondary N) is 1. The average Bonchev–Trinajstić information content (AvgIpc) is 2.01. The topological polar surface area (TPSA) is 46.2 Å². The van der Waals surface area contributed by atoms with Crippen molar-refractivity contribution in [2.75, 3.05) is 0 Å². The number of carbonyl (C=O) groups excluding carboxylic acids is 2. The first-order chi connectivity index (χ1) is 5.98. The van der Waals surface area contributed by atoms with Gasteiger partial charge in [-0.3, -0.25) is 14.9 Å². The summed E-state index contributed by atoms with van der Waals surface area (Å²) in [5.74, 6) is -0.252. The second kappa shape index (κ2) is 3.32. The van der Waals surface area contributed by atoms with E-state index in [1.165, 1.54) is 0 Å². The number of amides is 2. The number of piperidine rings is 1. The van der Waals surface area contributed by atoms with Crippen molar-refractivity contribution >= 4 is 11.8 Å². The molecule has 2 amide bonds. The lowest BCUT2D eigenvalue weighted by atomic mass is 9.72. The minimum absolute atomic E-state index is 0.0891. The summed E-state index contributed by atoms with van der Waals surface area (Å²) < 4.78 is 0. The fourth-order valence-electron chi connectivity index (χ4n) is 1.58. The highest BCUT2D eigenvalue weighted by atomic mass is 16.2. The third-order valence-corrected chi connectivity index (χ3v) is 2.74. The number of hydrogen-bond donors (Lipinski definition) is 1. The van der Waals surface area contributed by atoms with E-state index in [-0.39, 0.29) is 17.7 Å². The second-order valence-corrected chi connectivity index (χ2v) is 4.02. The molecule has 1 N–H and O–H groups in total. The van der Waals surface area contributed by atoms with Crippen LogP contribution in [0.15, 0.2) is 12.7 Å². The highest BCUT2D eigenvalue weighted by Crippen LogP contribution is 2.35. The van der Waals surface area contributed by atoms with Gasteiger partial charge in [0.05, 0.1) is 0 Å². The van der Waals surface area contributed by atoms with E-state index < -0.39 is 5.41 Å². The number of imide groups is 1. The molecule has 72 valence electrons. The van der Waals surface area contributed by atoms with Gasteiger partial charge in [0.15, 0.2) is 0 Å². The molecule has 3 heteroatoms. The van der Waals surface area contributed by atoms with Gasteiger partial charge in [-0.05, 0) is 12.3 Å². The van der Waals surface area contributed by atoms with Crippen molar-refractivity contribution in [2.45, 2.75) is 26.7 Å². The zero-order valence-electron chi connectivity index (χ0n) is 8.09. The van der Waals surface area contributed by atoms with Gasteiger partial charge < -0.3 is 0 Å². The number of allylic oxidation sites excluding steroid dienone is 1. The Morgan fingerprint density at radius 2 is 2.23 bits per heavy atom. The first-order valence-corrected chi connectivity index (χ1v) is 4.43. The molecule has 0 aliphatic carbocycles. The Balaban J connectivity index is 2.84. The Kier molecular flexibility index (Phi) is 2.55. The largest absolute Gasteiger partial charge is 0.296 e. The van der Waals surface area contributed by atoms with Crippen LogP contribution in [0.4, 0.5) is 0 Å². The molecule has 1 atom stereocenters. The molecule has 1 rings (SSSR count). The monoisotopic (exact) mass is 181 g/mol. The van der Waals surface area contributed by atoms with Gasteiger partial charge in [-0.1, -0.05) is 19.9 Å². The summed E-state index contributed by atoms with van der Waals surface area (Å²) in [7, 11) is 0. The molecule has 1 aliphatic rings. The minimum Gasteiger partial charge on any atom is -0.296 e. The van der Waals surface area contributed by atoms with Crippen LogP contribution in [0, 0.1) is 11.3 Å². The highest BCUT2D eigenvalue weighted by Gasteiger charge is 2.41. The van der Waals surface area contributed by atoms with E-state index in [4.69, 9.17) is 0 Å². The van der Waals surface area contributed by atoms with Crippen molar-refractivity contribution in [2.24, 2.45) is 11.3 Å². The second-order valence-electron chi connectivity index (χ2n) is 4.02. The maximum atomic E-state index is 11.4. The van der Waals surface area contributed by atoms with E-state index in [2.05, 4.69) is 11.9 Å². The molecule has 3 nitrogen and oxygen atoms in total. The predicted octanol–water partition coefficient (Wildman–Crippen LogP) is 1.25. The minimum atomic E-state index is -0.456. The third kappa shape index (κ3) is 1.79. The maximum Gasteiger partial charge on any atom is 0.232 e. The van der Waals surface area contributed by atoms with Crippen LogP contribution in [-0.2, 0) is 9.59 Å². The van der Waals surface area contributed by atoms with Crippen molar-refractivity contribution in [3.63, 3.8) is 0 Å². The molecule has 0 aromatic carbocycles. The summed E-state index contributed by atoms with van der Waals surface area (Å²) >= 11 is 0. The Morgan fingerprint density at radius 1 is 1.62 bits per heavy atom. The fraction of sp³-hybridized carbons (Fsp3) is 0.600. The average molecular weight is 181 g/mol. The lowest BCUT2D eigenvalue weighted by Gasteiger charge is -2.35. The zero-order valence-corrected chi connectivity index (χ0v) is 8.09. The van der Waals surface area contributed by atoms with E-state index >= 15 is 0 Å². The van der Waals surface area contributed by atoms with Crippen molar-refractivity contribution in [1.82, 2.24) is 5.32 Å². The van der Waals surface area contributed by atoms with Gasteiger partial charge in [0.1, 0.15) is 0 Å². The quantitative estimate of drug-likeness (QED) is 0.515. The summed E-state index contributed by atoms with van der Waals surface area (Å²) in [5.41, 5.74) is -0.456. The van der Waals surface area contributed by atoms with Gasteiger partial charge in [0.2, 0.25) is 11.8 Å². The van der Waals surface area contributed by atoms with Crippen LogP contribution in [0.25, 0.3) is 0 Å². The number of rotatable bonds is 2. The molecule has 1 unspecified atom stereocenters. The Labute approximate surface area is 78.2 Å². The summed E-state index contributed by atoms with van der Waals surface area (Å²) in [4.78, 5) is 22.5. The van der Waals surface area contributed by atoms with Gasteiger partial charge >= 0.3 is 0 Å². The van der Waals surface area contributed by atoms with Crippen LogP contribution in [0.3, 0.4) is 0 Å². The van der Waals surface area contributed by atoms with Crippen molar-refractivity contribution < 1.29 is 9.59 Å². The summed E-state index contributed by atoms with van der Waals surface area (Å²) in [6, 6.07) is 0. The molecule has 1 heterocycles. The van der Waals surface area contributed by atoms with Crippen LogP contribution in [0.1, 0.15) is 26.7 Å². The SMILES string of the molecule is C=CCC1CC(=O)NC(=O)C1(C)C. The maximum absolute atomic E-state index is 11.4. The first-order valence-electron chi connectivity index (χ1n) is 4.43. The van der Waals surface area contributed by atoms with Gasteiger partial charge in [-0.25, -0.2) is 0 Å². The van der Waals surface area contributed by atoms with Crippen LogP contribution in [-0.4, -0.2) is 11.8 Å². The lowest BCUT2D eigenvalue weighted by molar-refractivity contribution is -0.144. The molecule has 0 aromatic heterocycles. The Morgan fingerprint density at radius 3 is 2.77 bits per heavy atom. The zero-order chi connectivity index (χ0) is 10.1. The van der Waals surface area contributed by atoms with Crippen molar-refractivity contribution in [3.05, 3.63) is 12.7 Å². The Bertz CT molecular complexity index is 256. The normalized spacial score (nSPS) is 26.8. The fourth-order valence-corrected chi connectivity index (χ4v) is 1.58. The number of carbonyl (C=O) groups is 2. The van der Waals surface area contributed by atoms with E-state index in [9.17, 15) is 9.59 Å². The summed E-state index contributed by atoms with van der Waals surface area (Å²) in [6.07, 6.45) is 2.90. The van der Waals surface area contributed by atoms with Crippen molar-refractivity contribution in [1.29, 1.82) is 0 Å². The standard InChI is InChI=1S/C10H15NO2/c1-4-5-7-6-8(12)11-9(13)10(7,2)3/h4,7H,1,5-6H2,2-3H3,(H,11,12,13). The van der Waals surface area contributed by atoms with Gasteiger partial charge in [0.25, 0.3) is 0 Å². The summed E-state index contributed by atoms with van der Waals surface area (Å²) in [6.45, 7) is 7.36. The molecule has 0 radical (unpaired) electrons. The molecule has 1 fully saturated rings. The van der Waals surface area contributed by atoms with Crippen molar-refractivity contribution in [3.8, 4) is 0 Å². The predicted molar refractivity (Wildman–Crippen MR) is 49.9 cm³/mol. The van der Waals surface area contributed by atoms with Gasteiger partial charge in [-0.15, -0.1) is 6.58 Å². The van der Waals surface area contributed by atoms with E-state index in [1.807, 2.05) is 13.8 Å². The smallest absolute Gasteiger partial charge is 0.232 e. The molecule has 0 aromatic rings. The first kappa shape index (κ1) is 9.96. The lowest BCUT2D eigenvalue weighted by Crippen LogP contribution is -2.50. The van der Waals surface area contributed by atoms with Crippen LogP contribution >= 0.6 is 0 Å². The Hall–Kier alpha value is -1.12. The van der Waals surface area contributed by atoms with Crippen LogP contribution in [0.5, 0.6) is 0 Å². The number of hydrogen-bond acceptors (Lipinski definition) is 2. The molecule has 1 saturated heterocycles. The molecule has 0 saturated carbocycles. The summed E-state index contributed by atoms with van der Waals surface area (Å²) in [5, 5.41) is 2.35. The van der Waals surface area contributed by atoms with Gasteiger partial charge in [0, 0.05) is 11.8 Å². The molecule has 0 spiro atoms. The van der Waals surface area contributed by atoms with Gasteiger partial charge in [-0.2, -0.15) is 0 Å². The van der Waals surface area contributed by atoms with E-state index in [0.29, 0.717) is 12.8 Å². The van der Waals surface area contributed by atoms with Crippen LogP contribution in [0.2, 0.25) is 0 Å².